The Bertz CT molecular complexity index is 741. The molecule has 0 N–H and O–H groups in total. The molecule has 3 rings (SSSR count). The molecule has 1 fully saturated rings. The van der Waals surface area contributed by atoms with Crippen LogP contribution in [0.1, 0.15) is 41.5 Å². The van der Waals surface area contributed by atoms with Crippen LogP contribution in [0.2, 0.25) is 0 Å². The van der Waals surface area contributed by atoms with Gasteiger partial charge in [-0.25, -0.2) is 9.97 Å². The summed E-state index contributed by atoms with van der Waals surface area (Å²) in [6.07, 6.45) is 0. The number of anilines is 1. The number of benzene rings is 1. The van der Waals surface area contributed by atoms with E-state index in [1.165, 1.54) is 5.56 Å². The third kappa shape index (κ3) is 4.83. The van der Waals surface area contributed by atoms with Crippen LogP contribution in [0.25, 0.3) is 0 Å². The first-order valence-electron chi connectivity index (χ1n) is 9.56. The molecule has 0 spiro atoms. The van der Waals surface area contributed by atoms with E-state index in [0.717, 1.165) is 38.4 Å². The first kappa shape index (κ1) is 19.3. The van der Waals surface area contributed by atoms with Crippen molar-refractivity contribution in [2.24, 2.45) is 0 Å². The highest BCUT2D eigenvalue weighted by molar-refractivity contribution is 5.92. The van der Waals surface area contributed by atoms with Crippen molar-refractivity contribution in [3.8, 4) is 0 Å². The lowest BCUT2D eigenvalue weighted by Crippen LogP contribution is -2.48. The molecule has 0 aliphatic carbocycles. The maximum atomic E-state index is 13.0. The maximum absolute atomic E-state index is 13.0. The van der Waals surface area contributed by atoms with E-state index >= 15 is 0 Å². The fraction of sp³-hybridized carbons (Fsp3) is 0.476. The fourth-order valence-electron chi connectivity index (χ4n) is 3.17. The van der Waals surface area contributed by atoms with Crippen LogP contribution in [-0.2, 0) is 6.54 Å². The van der Waals surface area contributed by atoms with Crippen molar-refractivity contribution in [2.75, 3.05) is 45.2 Å². The molecule has 6 heteroatoms. The molecule has 1 amide bonds. The highest BCUT2D eigenvalue weighted by atomic mass is 16.2. The molecule has 0 unspecified atom stereocenters. The minimum Gasteiger partial charge on any atom is -0.347 e. The Labute approximate surface area is 161 Å². The molecule has 6 nitrogen and oxygen atoms in total. The molecule has 27 heavy (non-hydrogen) atoms. The first-order valence-corrected chi connectivity index (χ1v) is 9.56. The lowest BCUT2D eigenvalue weighted by Gasteiger charge is -2.34. The molecule has 144 valence electrons. The van der Waals surface area contributed by atoms with E-state index in [-0.39, 0.29) is 11.8 Å². The van der Waals surface area contributed by atoms with Gasteiger partial charge in [-0.1, -0.05) is 44.2 Å². The number of hydrogen-bond donors (Lipinski definition) is 0. The Morgan fingerprint density at radius 2 is 1.74 bits per heavy atom. The first-order chi connectivity index (χ1) is 12.9. The summed E-state index contributed by atoms with van der Waals surface area (Å²) in [5.41, 5.74) is 2.71. The minimum absolute atomic E-state index is 0.00163. The molecule has 0 radical (unpaired) electrons. The summed E-state index contributed by atoms with van der Waals surface area (Å²) in [5.74, 6) is 0.843. The van der Waals surface area contributed by atoms with Crippen LogP contribution >= 0.6 is 0 Å². The highest BCUT2D eigenvalue weighted by Gasteiger charge is 2.24. The number of aromatic nitrogens is 2. The van der Waals surface area contributed by atoms with Crippen LogP contribution < -0.4 is 4.90 Å². The molecule has 2 heterocycles. The van der Waals surface area contributed by atoms with E-state index in [2.05, 4.69) is 53.0 Å². The normalized spacial score (nSPS) is 15.2. The summed E-state index contributed by atoms with van der Waals surface area (Å²) in [4.78, 5) is 28.2. The van der Waals surface area contributed by atoms with Gasteiger partial charge < -0.3 is 9.80 Å². The van der Waals surface area contributed by atoms with Gasteiger partial charge in [-0.05, 0) is 17.5 Å². The van der Waals surface area contributed by atoms with Crippen molar-refractivity contribution in [3.05, 3.63) is 53.3 Å². The number of rotatable bonds is 5. The minimum atomic E-state index is 0.00163. The van der Waals surface area contributed by atoms with Crippen LogP contribution in [0.5, 0.6) is 0 Å². The Balaban J connectivity index is 1.67. The SMILES string of the molecule is CC(C)c1cc(C(=O)N2CCN(Cc3ccccc3)CC2)nc(N(C)C)n1. The third-order valence-electron chi connectivity index (χ3n) is 4.85. The molecule has 1 saturated heterocycles. The van der Waals surface area contributed by atoms with E-state index < -0.39 is 0 Å². The number of carbonyl (C=O) groups is 1. The number of nitrogens with zero attached hydrogens (tertiary/aromatic N) is 5. The van der Waals surface area contributed by atoms with Crippen molar-refractivity contribution in [2.45, 2.75) is 26.3 Å². The molecule has 2 aromatic rings. The summed E-state index contributed by atoms with van der Waals surface area (Å²) in [6, 6.07) is 12.3. The van der Waals surface area contributed by atoms with Crippen molar-refractivity contribution in [1.29, 1.82) is 0 Å². The Hall–Kier alpha value is -2.47. The summed E-state index contributed by atoms with van der Waals surface area (Å²) in [7, 11) is 3.80. The summed E-state index contributed by atoms with van der Waals surface area (Å²) >= 11 is 0. The van der Waals surface area contributed by atoms with E-state index in [0.29, 0.717) is 11.6 Å². The van der Waals surface area contributed by atoms with Crippen molar-refractivity contribution in [3.63, 3.8) is 0 Å². The van der Waals surface area contributed by atoms with Gasteiger partial charge in [0.05, 0.1) is 0 Å². The van der Waals surface area contributed by atoms with E-state index in [1.807, 2.05) is 36.0 Å². The van der Waals surface area contributed by atoms with E-state index in [4.69, 9.17) is 0 Å². The average molecular weight is 367 g/mol. The van der Waals surface area contributed by atoms with Crippen LogP contribution in [0.3, 0.4) is 0 Å². The lowest BCUT2D eigenvalue weighted by atomic mass is 10.1. The van der Waals surface area contributed by atoms with Crippen molar-refractivity contribution in [1.82, 2.24) is 19.8 Å². The predicted molar refractivity (Wildman–Crippen MR) is 108 cm³/mol. The summed E-state index contributed by atoms with van der Waals surface area (Å²) in [5, 5.41) is 0. The smallest absolute Gasteiger partial charge is 0.272 e. The number of carbonyl (C=O) groups excluding carboxylic acids is 1. The van der Waals surface area contributed by atoms with Crippen LogP contribution in [-0.4, -0.2) is 65.9 Å². The van der Waals surface area contributed by atoms with Gasteiger partial charge in [0, 0.05) is 52.5 Å². The van der Waals surface area contributed by atoms with Crippen molar-refractivity contribution < 1.29 is 4.79 Å². The van der Waals surface area contributed by atoms with Gasteiger partial charge in [0.1, 0.15) is 5.69 Å². The molecule has 0 saturated carbocycles. The molecule has 1 aromatic carbocycles. The second-order valence-electron chi connectivity index (χ2n) is 7.58. The third-order valence-corrected chi connectivity index (χ3v) is 4.85. The second-order valence-corrected chi connectivity index (χ2v) is 7.58. The van der Waals surface area contributed by atoms with Gasteiger partial charge in [0.15, 0.2) is 0 Å². The topological polar surface area (TPSA) is 52.6 Å². The largest absolute Gasteiger partial charge is 0.347 e. The quantitative estimate of drug-likeness (QED) is 0.813. The number of amides is 1. The van der Waals surface area contributed by atoms with Gasteiger partial charge in [0.25, 0.3) is 5.91 Å². The number of hydrogen-bond acceptors (Lipinski definition) is 5. The molecule has 1 aliphatic rings. The van der Waals surface area contributed by atoms with Gasteiger partial charge in [-0.15, -0.1) is 0 Å². The Morgan fingerprint density at radius 3 is 2.33 bits per heavy atom. The molecule has 0 atom stereocenters. The molecule has 1 aromatic heterocycles. The van der Waals surface area contributed by atoms with Crippen molar-refractivity contribution >= 4 is 11.9 Å². The summed E-state index contributed by atoms with van der Waals surface area (Å²) < 4.78 is 0. The van der Waals surface area contributed by atoms with E-state index in [1.54, 1.807) is 0 Å². The average Bonchev–Trinajstić information content (AvgIpc) is 2.68. The highest BCUT2D eigenvalue weighted by Crippen LogP contribution is 2.18. The lowest BCUT2D eigenvalue weighted by molar-refractivity contribution is 0.0622. The molecular weight excluding hydrogens is 338 g/mol. The zero-order valence-corrected chi connectivity index (χ0v) is 16.7. The molecule has 0 bridgehead atoms. The zero-order valence-electron chi connectivity index (χ0n) is 16.7. The predicted octanol–water partition coefficient (Wildman–Crippen LogP) is 2.62. The number of piperazine rings is 1. The van der Waals surface area contributed by atoms with E-state index in [9.17, 15) is 4.79 Å². The zero-order chi connectivity index (χ0) is 19.4. The van der Waals surface area contributed by atoms with Gasteiger partial charge in [-0.3, -0.25) is 9.69 Å². The van der Waals surface area contributed by atoms with Crippen LogP contribution in [0, 0.1) is 0 Å². The van der Waals surface area contributed by atoms with Gasteiger partial charge >= 0.3 is 0 Å². The second kappa shape index (κ2) is 8.48. The Morgan fingerprint density at radius 1 is 1.07 bits per heavy atom. The Kier molecular flexibility index (Phi) is 6.06. The van der Waals surface area contributed by atoms with Crippen LogP contribution in [0.4, 0.5) is 5.95 Å². The fourth-order valence-corrected chi connectivity index (χ4v) is 3.17. The summed E-state index contributed by atoms with van der Waals surface area (Å²) in [6.45, 7) is 8.30. The monoisotopic (exact) mass is 367 g/mol. The standard InChI is InChI=1S/C21H29N5O/c1-16(2)18-14-19(23-21(22-18)24(3)4)20(27)26-12-10-25(11-13-26)15-17-8-6-5-7-9-17/h5-9,14,16H,10-13,15H2,1-4H3. The molecular formula is C21H29N5O. The van der Waals surface area contributed by atoms with Gasteiger partial charge in [-0.2, -0.15) is 0 Å². The van der Waals surface area contributed by atoms with Gasteiger partial charge in [0.2, 0.25) is 5.95 Å². The van der Waals surface area contributed by atoms with Crippen LogP contribution in [0.15, 0.2) is 36.4 Å². The molecule has 1 aliphatic heterocycles. The maximum Gasteiger partial charge on any atom is 0.272 e.